The molecule has 28 heavy (non-hydrogen) atoms. The van der Waals surface area contributed by atoms with Crippen LogP contribution in [-0.4, -0.2) is 44.3 Å². The van der Waals surface area contributed by atoms with E-state index in [9.17, 15) is 4.79 Å². The van der Waals surface area contributed by atoms with E-state index in [0.29, 0.717) is 35.0 Å². The molecule has 4 fully saturated rings. The van der Waals surface area contributed by atoms with Gasteiger partial charge in [0.2, 0.25) is 0 Å². The summed E-state index contributed by atoms with van der Waals surface area (Å²) in [6, 6.07) is 5.40. The highest BCUT2D eigenvalue weighted by Gasteiger charge is 2.68. The van der Waals surface area contributed by atoms with Crippen molar-refractivity contribution in [3.8, 4) is 5.75 Å². The molecule has 1 heterocycles. The van der Waals surface area contributed by atoms with Crippen LogP contribution >= 0.6 is 11.6 Å². The van der Waals surface area contributed by atoms with Gasteiger partial charge < -0.3 is 18.8 Å². The lowest BCUT2D eigenvalue weighted by atomic mass is 9.43. The van der Waals surface area contributed by atoms with Gasteiger partial charge in [0, 0.05) is 0 Å². The lowest BCUT2D eigenvalue weighted by Crippen LogP contribution is -2.65. The van der Waals surface area contributed by atoms with Gasteiger partial charge >= 0.3 is 13.1 Å². The minimum absolute atomic E-state index is 0.0961. The lowest BCUT2D eigenvalue weighted by molar-refractivity contribution is -0.199. The van der Waals surface area contributed by atoms with Gasteiger partial charge in [0.15, 0.2) is 0 Å². The van der Waals surface area contributed by atoms with Crippen molar-refractivity contribution < 1.29 is 23.6 Å². The lowest BCUT2D eigenvalue weighted by Gasteiger charge is -2.64. The first kappa shape index (κ1) is 20.1. The minimum atomic E-state index is -0.474. The molecule has 1 aromatic rings. The van der Waals surface area contributed by atoms with Gasteiger partial charge in [-0.25, -0.2) is 4.79 Å². The highest BCUT2D eigenvalue weighted by atomic mass is 35.5. The van der Waals surface area contributed by atoms with Gasteiger partial charge in [0.1, 0.15) is 11.3 Å². The van der Waals surface area contributed by atoms with Crippen LogP contribution in [0.15, 0.2) is 18.2 Å². The first-order valence-electron chi connectivity index (χ1n) is 9.94. The SMILES string of the molecule is COC(=O)c1cccc(C[C@H](Cl)B2O[C@@H]3C[C@@H]4C[C@@H](C4(C)C)[C@]3(C)O2)c1OC. The normalized spacial score (nSPS) is 33.6. The molecule has 7 heteroatoms. The van der Waals surface area contributed by atoms with Crippen LogP contribution < -0.4 is 4.74 Å². The molecule has 0 aromatic heterocycles. The van der Waals surface area contributed by atoms with Gasteiger partial charge in [-0.15, -0.1) is 11.6 Å². The van der Waals surface area contributed by atoms with Crippen molar-refractivity contribution in [1.82, 2.24) is 0 Å². The van der Waals surface area contributed by atoms with Gasteiger partial charge in [0.25, 0.3) is 0 Å². The molecule has 1 saturated heterocycles. The number of methoxy groups -OCH3 is 2. The first-order chi connectivity index (χ1) is 13.2. The second-order valence-corrected chi connectivity index (χ2v) is 9.61. The third kappa shape index (κ3) is 2.87. The van der Waals surface area contributed by atoms with Crippen LogP contribution in [0.25, 0.3) is 0 Å². The number of esters is 1. The highest BCUT2D eigenvalue weighted by molar-refractivity contribution is 6.60. The van der Waals surface area contributed by atoms with E-state index in [4.69, 9.17) is 30.4 Å². The number of hydrogen-bond donors (Lipinski definition) is 0. The summed E-state index contributed by atoms with van der Waals surface area (Å²) in [5, 5.41) is -0.385. The molecule has 1 aromatic carbocycles. The molecule has 5 atom stereocenters. The fourth-order valence-corrected chi connectivity index (χ4v) is 5.89. The Labute approximate surface area is 172 Å². The third-order valence-electron chi connectivity index (χ3n) is 7.39. The average molecular weight is 407 g/mol. The molecule has 5 rings (SSSR count). The number of benzene rings is 1. The molecular weight excluding hydrogens is 378 g/mol. The number of halogens is 1. The van der Waals surface area contributed by atoms with Crippen molar-refractivity contribution in [3.05, 3.63) is 29.3 Å². The molecule has 4 aliphatic rings. The molecular formula is C21H28BClO5. The van der Waals surface area contributed by atoms with Crippen LogP contribution in [0.5, 0.6) is 5.75 Å². The highest BCUT2D eigenvalue weighted by Crippen LogP contribution is 2.65. The Kier molecular flexibility index (Phi) is 4.96. The van der Waals surface area contributed by atoms with Crippen LogP contribution in [0.4, 0.5) is 0 Å². The molecule has 0 radical (unpaired) electrons. The Hall–Kier alpha value is -1.24. The maximum Gasteiger partial charge on any atom is 0.477 e. The van der Waals surface area contributed by atoms with E-state index >= 15 is 0 Å². The van der Waals surface area contributed by atoms with Gasteiger partial charge in [-0.1, -0.05) is 26.0 Å². The molecule has 5 nitrogen and oxygen atoms in total. The second kappa shape index (κ2) is 6.93. The Morgan fingerprint density at radius 1 is 1.32 bits per heavy atom. The van der Waals surface area contributed by atoms with E-state index in [2.05, 4.69) is 20.8 Å². The number of alkyl halides is 1. The van der Waals surface area contributed by atoms with Gasteiger partial charge in [-0.2, -0.15) is 0 Å². The van der Waals surface area contributed by atoms with Crippen LogP contribution in [0.2, 0.25) is 0 Å². The molecule has 3 saturated carbocycles. The zero-order valence-electron chi connectivity index (χ0n) is 17.2. The van der Waals surface area contributed by atoms with Gasteiger partial charge in [0.05, 0.1) is 31.2 Å². The third-order valence-corrected chi connectivity index (χ3v) is 7.75. The quantitative estimate of drug-likeness (QED) is 0.422. The molecule has 2 bridgehead atoms. The number of carbonyl (C=O) groups excluding carboxylic acids is 1. The van der Waals surface area contributed by atoms with Crippen molar-refractivity contribution >= 4 is 24.7 Å². The van der Waals surface area contributed by atoms with E-state index in [1.807, 2.05) is 12.1 Å². The zero-order chi connectivity index (χ0) is 20.3. The molecule has 3 aliphatic carbocycles. The van der Waals surface area contributed by atoms with Crippen molar-refractivity contribution in [2.45, 2.75) is 57.0 Å². The summed E-state index contributed by atoms with van der Waals surface area (Å²) >= 11 is 6.75. The van der Waals surface area contributed by atoms with E-state index in [1.165, 1.54) is 13.5 Å². The topological polar surface area (TPSA) is 54.0 Å². The van der Waals surface area contributed by atoms with Crippen LogP contribution in [0, 0.1) is 17.3 Å². The number of rotatable bonds is 5. The smallest absolute Gasteiger partial charge is 0.477 e. The summed E-state index contributed by atoms with van der Waals surface area (Å²) in [5.41, 5.74) is 1.24. The second-order valence-electron chi connectivity index (χ2n) is 9.05. The Morgan fingerprint density at radius 3 is 2.71 bits per heavy atom. The Balaban J connectivity index is 1.51. The van der Waals surface area contributed by atoms with E-state index < -0.39 is 13.1 Å². The number of hydrogen-bond acceptors (Lipinski definition) is 5. The van der Waals surface area contributed by atoms with Crippen molar-refractivity contribution in [2.24, 2.45) is 17.3 Å². The average Bonchev–Trinajstić information content (AvgIpc) is 3.04. The Bertz CT molecular complexity index is 784. The fraction of sp³-hybridized carbons (Fsp3) is 0.667. The van der Waals surface area contributed by atoms with Crippen LogP contribution in [0.3, 0.4) is 0 Å². The number of carbonyl (C=O) groups is 1. The van der Waals surface area contributed by atoms with Gasteiger partial charge in [-0.3, -0.25) is 0 Å². The summed E-state index contributed by atoms with van der Waals surface area (Å²) in [7, 11) is 2.43. The maximum atomic E-state index is 12.0. The Morgan fingerprint density at radius 2 is 2.07 bits per heavy atom. The predicted molar refractivity (Wildman–Crippen MR) is 108 cm³/mol. The molecule has 1 aliphatic heterocycles. The molecule has 0 N–H and O–H groups in total. The van der Waals surface area contributed by atoms with E-state index in [0.717, 1.165) is 12.0 Å². The van der Waals surface area contributed by atoms with Crippen molar-refractivity contribution in [1.29, 1.82) is 0 Å². The largest absolute Gasteiger partial charge is 0.496 e. The standard InChI is InChI=1S/C21H28BClO5/c1-20(2)13-10-15(20)21(3)16(11-13)27-22(28-21)17(23)9-12-7-6-8-14(18(12)25-4)19(24)26-5/h6-8,13,15-17H,9-11H2,1-5H3/t13-,15-,16+,17-,21-/m0/s1. The summed E-state index contributed by atoms with van der Waals surface area (Å²) in [4.78, 5) is 12.0. The maximum absolute atomic E-state index is 12.0. The van der Waals surface area contributed by atoms with Gasteiger partial charge in [-0.05, 0) is 55.1 Å². The first-order valence-corrected chi connectivity index (χ1v) is 10.4. The van der Waals surface area contributed by atoms with E-state index in [-0.39, 0.29) is 17.0 Å². The monoisotopic (exact) mass is 406 g/mol. The molecule has 0 spiro atoms. The number of ether oxygens (including phenoxy) is 2. The fourth-order valence-electron chi connectivity index (χ4n) is 5.62. The zero-order valence-corrected chi connectivity index (χ0v) is 17.9. The van der Waals surface area contributed by atoms with Crippen molar-refractivity contribution in [2.75, 3.05) is 14.2 Å². The number of para-hydroxylation sites is 1. The van der Waals surface area contributed by atoms with Crippen LogP contribution in [0.1, 0.15) is 49.5 Å². The van der Waals surface area contributed by atoms with E-state index in [1.54, 1.807) is 13.2 Å². The predicted octanol–water partition coefficient (Wildman–Crippen LogP) is 3.90. The summed E-state index contributed by atoms with van der Waals surface area (Å²) in [6.07, 6.45) is 2.80. The minimum Gasteiger partial charge on any atom is -0.496 e. The van der Waals surface area contributed by atoms with Crippen LogP contribution in [-0.2, 0) is 20.5 Å². The molecule has 152 valence electrons. The van der Waals surface area contributed by atoms with Crippen molar-refractivity contribution in [3.63, 3.8) is 0 Å². The summed E-state index contributed by atoms with van der Waals surface area (Å²) in [5.74, 6) is 1.25. The summed E-state index contributed by atoms with van der Waals surface area (Å²) in [6.45, 7) is 6.86. The molecule has 0 amide bonds. The summed E-state index contributed by atoms with van der Waals surface area (Å²) < 4.78 is 23.1. The molecule has 0 unspecified atom stereocenters.